The summed E-state index contributed by atoms with van der Waals surface area (Å²) < 4.78 is 0. The Labute approximate surface area is 155 Å². The van der Waals surface area contributed by atoms with Gasteiger partial charge < -0.3 is 15.5 Å². The molecule has 5 nitrogen and oxygen atoms in total. The molecule has 2 aliphatic rings. The second kappa shape index (κ2) is 9.02. The Morgan fingerprint density at radius 1 is 1.32 bits per heavy atom. The highest BCUT2D eigenvalue weighted by atomic mass is 35.5. The number of halogens is 1. The molecule has 1 unspecified atom stereocenters. The van der Waals surface area contributed by atoms with Gasteiger partial charge >= 0.3 is 0 Å². The zero-order valence-electron chi connectivity index (χ0n) is 14.6. The van der Waals surface area contributed by atoms with Gasteiger partial charge in [0, 0.05) is 32.6 Å². The van der Waals surface area contributed by atoms with Gasteiger partial charge in [0.05, 0.1) is 5.92 Å². The minimum absolute atomic E-state index is 0. The molecule has 1 atom stereocenters. The first-order chi connectivity index (χ1) is 11.6. The topological polar surface area (TPSA) is 61.4 Å². The van der Waals surface area contributed by atoms with Gasteiger partial charge in [-0.2, -0.15) is 0 Å². The summed E-state index contributed by atoms with van der Waals surface area (Å²) in [6, 6.07) is 8.18. The van der Waals surface area contributed by atoms with Crippen molar-refractivity contribution in [3.05, 3.63) is 47.0 Å². The van der Waals surface area contributed by atoms with Crippen LogP contribution >= 0.6 is 12.4 Å². The molecular formula is C19H26ClN3O2. The van der Waals surface area contributed by atoms with E-state index in [-0.39, 0.29) is 30.1 Å². The molecule has 0 bridgehead atoms. The molecule has 136 valence electrons. The van der Waals surface area contributed by atoms with Crippen molar-refractivity contribution in [3.63, 3.8) is 0 Å². The third kappa shape index (κ3) is 5.31. The molecule has 0 radical (unpaired) electrons. The van der Waals surface area contributed by atoms with Crippen LogP contribution < -0.4 is 10.6 Å². The maximum atomic E-state index is 12.3. The summed E-state index contributed by atoms with van der Waals surface area (Å²) in [6.07, 6.45) is 3.43. The van der Waals surface area contributed by atoms with E-state index >= 15 is 0 Å². The van der Waals surface area contributed by atoms with Gasteiger partial charge in [-0.3, -0.25) is 9.59 Å². The van der Waals surface area contributed by atoms with E-state index < -0.39 is 0 Å². The molecule has 1 aromatic rings. The molecule has 25 heavy (non-hydrogen) atoms. The third-order valence-electron chi connectivity index (χ3n) is 4.73. The Morgan fingerprint density at radius 3 is 2.76 bits per heavy atom. The molecule has 2 amide bonds. The first-order valence-corrected chi connectivity index (χ1v) is 8.61. The Bertz CT molecular complexity index is 643. The Morgan fingerprint density at radius 2 is 2.08 bits per heavy atom. The molecule has 0 spiro atoms. The van der Waals surface area contributed by atoms with Gasteiger partial charge in [0.25, 0.3) is 0 Å². The first-order valence-electron chi connectivity index (χ1n) is 8.61. The molecule has 1 saturated heterocycles. The van der Waals surface area contributed by atoms with Crippen LogP contribution in [-0.4, -0.2) is 42.9 Å². The van der Waals surface area contributed by atoms with Gasteiger partial charge in [-0.15, -0.1) is 12.4 Å². The number of benzene rings is 1. The van der Waals surface area contributed by atoms with Crippen LogP contribution in [0.1, 0.15) is 24.0 Å². The number of nitrogens with one attached hydrogen (secondary N) is 2. The third-order valence-corrected chi connectivity index (χ3v) is 4.73. The van der Waals surface area contributed by atoms with E-state index in [1.807, 2.05) is 31.2 Å². The maximum absolute atomic E-state index is 12.3. The highest BCUT2D eigenvalue weighted by molar-refractivity contribution is 5.89. The fraction of sp³-hybridized carbons (Fsp3) is 0.474. The van der Waals surface area contributed by atoms with Gasteiger partial charge in [-0.05, 0) is 25.5 Å². The number of hydrogen-bond acceptors (Lipinski definition) is 3. The van der Waals surface area contributed by atoms with E-state index in [9.17, 15) is 9.59 Å². The zero-order chi connectivity index (χ0) is 16.9. The average Bonchev–Trinajstić information content (AvgIpc) is 2.96. The second-order valence-electron chi connectivity index (χ2n) is 6.70. The van der Waals surface area contributed by atoms with Crippen LogP contribution in [0.3, 0.4) is 0 Å². The number of carbonyl (C=O) groups excluding carboxylic acids is 2. The SMILES string of the molecule is Cc1ccc(CN2CC(C(=O)NCC3=CCNCC3)CC2=O)cc1.Cl. The van der Waals surface area contributed by atoms with E-state index in [1.165, 1.54) is 11.1 Å². The lowest BCUT2D eigenvalue weighted by Crippen LogP contribution is -2.35. The molecule has 0 aromatic heterocycles. The number of hydrogen-bond donors (Lipinski definition) is 2. The van der Waals surface area contributed by atoms with Crippen molar-refractivity contribution in [2.45, 2.75) is 26.3 Å². The molecule has 2 N–H and O–H groups in total. The summed E-state index contributed by atoms with van der Waals surface area (Å²) in [7, 11) is 0. The fourth-order valence-electron chi connectivity index (χ4n) is 3.19. The largest absolute Gasteiger partial charge is 0.352 e. The van der Waals surface area contributed by atoms with Crippen molar-refractivity contribution in [2.24, 2.45) is 5.92 Å². The number of carbonyl (C=O) groups is 2. The monoisotopic (exact) mass is 363 g/mol. The highest BCUT2D eigenvalue weighted by Gasteiger charge is 2.34. The van der Waals surface area contributed by atoms with Crippen LogP contribution in [0.5, 0.6) is 0 Å². The van der Waals surface area contributed by atoms with Crippen LogP contribution in [0.15, 0.2) is 35.9 Å². The molecule has 1 aromatic carbocycles. The van der Waals surface area contributed by atoms with E-state index in [2.05, 4.69) is 16.7 Å². The summed E-state index contributed by atoms with van der Waals surface area (Å²) in [5.74, 6) is -0.170. The van der Waals surface area contributed by atoms with Crippen LogP contribution in [-0.2, 0) is 16.1 Å². The Balaban J connectivity index is 0.00000225. The highest BCUT2D eigenvalue weighted by Crippen LogP contribution is 2.20. The van der Waals surface area contributed by atoms with Crippen molar-refractivity contribution in [3.8, 4) is 0 Å². The number of aryl methyl sites for hydroxylation is 1. The Hall–Kier alpha value is -1.85. The van der Waals surface area contributed by atoms with Crippen LogP contribution in [0.2, 0.25) is 0 Å². The van der Waals surface area contributed by atoms with Crippen molar-refractivity contribution in [1.82, 2.24) is 15.5 Å². The lowest BCUT2D eigenvalue weighted by molar-refractivity contribution is -0.129. The number of amides is 2. The summed E-state index contributed by atoms with van der Waals surface area (Å²) in [5.41, 5.74) is 3.58. The molecule has 3 rings (SSSR count). The number of rotatable bonds is 5. The van der Waals surface area contributed by atoms with Gasteiger partial charge in [0.1, 0.15) is 0 Å². The molecule has 1 fully saturated rings. The minimum Gasteiger partial charge on any atom is -0.352 e. The number of nitrogens with zero attached hydrogens (tertiary/aromatic N) is 1. The molecule has 0 saturated carbocycles. The van der Waals surface area contributed by atoms with Crippen molar-refractivity contribution < 1.29 is 9.59 Å². The van der Waals surface area contributed by atoms with Gasteiger partial charge in [-0.1, -0.05) is 41.5 Å². The predicted molar refractivity (Wildman–Crippen MR) is 101 cm³/mol. The lowest BCUT2D eigenvalue weighted by atomic mass is 10.1. The van der Waals surface area contributed by atoms with Crippen LogP contribution in [0, 0.1) is 12.8 Å². The number of likely N-dealkylation sites (tertiary alicyclic amines) is 1. The standard InChI is InChI=1S/C19H25N3O2.ClH/c1-14-2-4-16(5-3-14)12-22-13-17(10-18(22)23)19(24)21-11-15-6-8-20-9-7-15;/h2-6,17,20H,7-13H2,1H3,(H,21,24);1H. The quantitative estimate of drug-likeness (QED) is 0.784. The van der Waals surface area contributed by atoms with Crippen LogP contribution in [0.4, 0.5) is 0 Å². The van der Waals surface area contributed by atoms with Crippen LogP contribution in [0.25, 0.3) is 0 Å². The minimum atomic E-state index is -0.231. The fourth-order valence-corrected chi connectivity index (χ4v) is 3.19. The van der Waals surface area contributed by atoms with Gasteiger partial charge in [0.2, 0.25) is 11.8 Å². The second-order valence-corrected chi connectivity index (χ2v) is 6.70. The average molecular weight is 364 g/mol. The summed E-state index contributed by atoms with van der Waals surface area (Å²) in [6.45, 7) is 5.58. The molecule has 2 aliphatic heterocycles. The lowest BCUT2D eigenvalue weighted by Gasteiger charge is -2.18. The zero-order valence-corrected chi connectivity index (χ0v) is 15.4. The normalized spacial score (nSPS) is 20.0. The van der Waals surface area contributed by atoms with E-state index in [0.717, 1.165) is 25.1 Å². The van der Waals surface area contributed by atoms with E-state index in [0.29, 0.717) is 26.1 Å². The molecule has 2 heterocycles. The smallest absolute Gasteiger partial charge is 0.225 e. The molecular weight excluding hydrogens is 338 g/mol. The first kappa shape index (κ1) is 19.5. The van der Waals surface area contributed by atoms with Crippen molar-refractivity contribution in [1.29, 1.82) is 0 Å². The maximum Gasteiger partial charge on any atom is 0.225 e. The van der Waals surface area contributed by atoms with Gasteiger partial charge in [0.15, 0.2) is 0 Å². The molecule has 0 aliphatic carbocycles. The summed E-state index contributed by atoms with van der Waals surface area (Å²) in [5, 5.41) is 6.25. The predicted octanol–water partition coefficient (Wildman–Crippen LogP) is 1.80. The summed E-state index contributed by atoms with van der Waals surface area (Å²) >= 11 is 0. The molecule has 6 heteroatoms. The Kier molecular flexibility index (Phi) is 7.02. The van der Waals surface area contributed by atoms with Crippen molar-refractivity contribution in [2.75, 3.05) is 26.2 Å². The van der Waals surface area contributed by atoms with Gasteiger partial charge in [-0.25, -0.2) is 0 Å². The van der Waals surface area contributed by atoms with Crippen molar-refractivity contribution >= 4 is 24.2 Å². The van der Waals surface area contributed by atoms with E-state index in [4.69, 9.17) is 0 Å². The van der Waals surface area contributed by atoms with E-state index in [1.54, 1.807) is 4.90 Å². The summed E-state index contributed by atoms with van der Waals surface area (Å²) in [4.78, 5) is 26.3.